The fraction of sp³-hybridized carbons (Fsp3) is 0.562. The van der Waals surface area contributed by atoms with E-state index in [1.807, 2.05) is 45.2 Å². The second-order valence-corrected chi connectivity index (χ2v) is 5.23. The highest BCUT2D eigenvalue weighted by molar-refractivity contribution is 5.55. The minimum absolute atomic E-state index is 0.0498. The number of hydrogen-bond acceptors (Lipinski definition) is 4. The van der Waals surface area contributed by atoms with Crippen molar-refractivity contribution in [3.8, 4) is 11.5 Å². The number of nitrogens with zero attached hydrogens (tertiary/aromatic N) is 1. The van der Waals surface area contributed by atoms with Gasteiger partial charge < -0.3 is 14.4 Å². The van der Waals surface area contributed by atoms with Gasteiger partial charge in [-0.2, -0.15) is 0 Å². The maximum atomic E-state index is 10.9. The zero-order chi connectivity index (χ0) is 15.0. The third kappa shape index (κ3) is 5.21. The molecular weight excluding hydrogens is 254 g/mol. The second kappa shape index (κ2) is 8.59. The van der Waals surface area contributed by atoms with E-state index < -0.39 is 0 Å². The van der Waals surface area contributed by atoms with E-state index in [9.17, 15) is 4.79 Å². The Labute approximate surface area is 121 Å². The topological polar surface area (TPSA) is 38.8 Å². The Morgan fingerprint density at radius 3 is 2.45 bits per heavy atom. The molecule has 1 radical (unpaired) electrons. The van der Waals surface area contributed by atoms with Gasteiger partial charge in [-0.1, -0.05) is 26.0 Å². The first-order valence-corrected chi connectivity index (χ1v) is 6.90. The fourth-order valence-corrected chi connectivity index (χ4v) is 1.86. The van der Waals surface area contributed by atoms with Gasteiger partial charge in [0, 0.05) is 19.0 Å². The van der Waals surface area contributed by atoms with Crippen LogP contribution in [-0.4, -0.2) is 45.0 Å². The molecule has 1 atom stereocenters. The van der Waals surface area contributed by atoms with Gasteiger partial charge in [0.2, 0.25) is 6.29 Å². The number of methoxy groups -OCH3 is 1. The summed E-state index contributed by atoms with van der Waals surface area (Å²) in [7, 11) is 3.61. The summed E-state index contributed by atoms with van der Waals surface area (Å²) in [5, 5.41) is 0. The van der Waals surface area contributed by atoms with Crippen LogP contribution in [0.4, 0.5) is 0 Å². The predicted octanol–water partition coefficient (Wildman–Crippen LogP) is 2.39. The van der Waals surface area contributed by atoms with Crippen molar-refractivity contribution in [2.24, 2.45) is 11.8 Å². The molecule has 0 bridgehead atoms. The molecule has 0 amide bonds. The van der Waals surface area contributed by atoms with Crippen LogP contribution in [0.3, 0.4) is 0 Å². The predicted molar refractivity (Wildman–Crippen MR) is 80.0 cm³/mol. The maximum Gasteiger partial charge on any atom is 0.203 e. The molecule has 0 aromatic heterocycles. The van der Waals surface area contributed by atoms with E-state index in [2.05, 4.69) is 11.2 Å². The number of ether oxygens (including phenoxy) is 2. The highest BCUT2D eigenvalue weighted by Crippen LogP contribution is 2.25. The lowest BCUT2D eigenvalue weighted by atomic mass is 9.97. The van der Waals surface area contributed by atoms with Crippen molar-refractivity contribution >= 4 is 6.29 Å². The Kier molecular flexibility index (Phi) is 7.09. The third-order valence-corrected chi connectivity index (χ3v) is 3.26. The highest BCUT2D eigenvalue weighted by Gasteiger charge is 2.15. The molecule has 0 aliphatic rings. The maximum absolute atomic E-state index is 10.9. The zero-order valence-corrected chi connectivity index (χ0v) is 12.8. The minimum atomic E-state index is -0.0498. The van der Waals surface area contributed by atoms with Gasteiger partial charge in [-0.3, -0.25) is 4.79 Å². The van der Waals surface area contributed by atoms with E-state index in [-0.39, 0.29) is 5.92 Å². The molecule has 4 heteroatoms. The molecule has 0 heterocycles. The molecule has 0 spiro atoms. The van der Waals surface area contributed by atoms with E-state index >= 15 is 0 Å². The van der Waals surface area contributed by atoms with Crippen molar-refractivity contribution < 1.29 is 14.3 Å². The number of carbonyl (C=O) groups excluding carboxylic acids is 1. The van der Waals surface area contributed by atoms with E-state index in [4.69, 9.17) is 9.47 Å². The van der Waals surface area contributed by atoms with E-state index in [0.29, 0.717) is 19.1 Å². The average molecular weight is 278 g/mol. The summed E-state index contributed by atoms with van der Waals surface area (Å²) in [6.45, 7) is 6.09. The summed E-state index contributed by atoms with van der Waals surface area (Å²) in [6.07, 6.45) is 2.11. The van der Waals surface area contributed by atoms with Crippen LogP contribution in [0.1, 0.15) is 13.8 Å². The number of rotatable bonds is 9. The highest BCUT2D eigenvalue weighted by atomic mass is 16.5. The van der Waals surface area contributed by atoms with Crippen LogP contribution in [0.15, 0.2) is 24.3 Å². The third-order valence-electron chi connectivity index (χ3n) is 3.26. The van der Waals surface area contributed by atoms with Crippen molar-refractivity contribution in [1.82, 2.24) is 4.90 Å². The molecule has 1 rings (SSSR count). The first kappa shape index (κ1) is 16.5. The van der Waals surface area contributed by atoms with Gasteiger partial charge in [0.1, 0.15) is 6.61 Å². The van der Waals surface area contributed by atoms with Gasteiger partial charge in [0.15, 0.2) is 11.5 Å². The molecule has 0 aliphatic heterocycles. The van der Waals surface area contributed by atoms with Crippen LogP contribution in [-0.2, 0) is 4.79 Å². The van der Waals surface area contributed by atoms with Crippen molar-refractivity contribution in [3.63, 3.8) is 0 Å². The SMILES string of the molecule is COc1ccccc1OCCN(C)CC([C]=O)C(C)C. The molecule has 4 nitrogen and oxygen atoms in total. The quantitative estimate of drug-likeness (QED) is 0.695. The minimum Gasteiger partial charge on any atom is -0.493 e. The normalized spacial score (nSPS) is 12.5. The molecule has 0 aliphatic carbocycles. The molecule has 1 unspecified atom stereocenters. The lowest BCUT2D eigenvalue weighted by molar-refractivity contribution is 0.210. The molecule has 0 saturated carbocycles. The lowest BCUT2D eigenvalue weighted by Crippen LogP contribution is -2.32. The summed E-state index contributed by atoms with van der Waals surface area (Å²) in [6, 6.07) is 7.58. The number of benzene rings is 1. The molecule has 0 saturated heterocycles. The average Bonchev–Trinajstić information content (AvgIpc) is 2.45. The summed E-state index contributed by atoms with van der Waals surface area (Å²) in [5.41, 5.74) is 0. The van der Waals surface area contributed by atoms with Crippen LogP contribution in [0, 0.1) is 11.8 Å². The van der Waals surface area contributed by atoms with Gasteiger partial charge in [0.25, 0.3) is 0 Å². The van der Waals surface area contributed by atoms with Gasteiger partial charge in [-0.05, 0) is 25.1 Å². The monoisotopic (exact) mass is 278 g/mol. The Hall–Kier alpha value is -1.55. The Morgan fingerprint density at radius 1 is 1.25 bits per heavy atom. The lowest BCUT2D eigenvalue weighted by Gasteiger charge is -2.22. The molecule has 111 valence electrons. The Morgan fingerprint density at radius 2 is 1.90 bits per heavy atom. The van der Waals surface area contributed by atoms with Crippen LogP contribution in [0.2, 0.25) is 0 Å². The van der Waals surface area contributed by atoms with Gasteiger partial charge in [-0.25, -0.2) is 0 Å². The standard InChI is InChI=1S/C16H24NO3/c1-13(2)14(12-18)11-17(3)9-10-20-16-8-6-5-7-15(16)19-4/h5-8,13-14H,9-11H2,1-4H3. The number of likely N-dealkylation sites (N-methyl/N-ethyl adjacent to an activating group) is 1. The zero-order valence-electron chi connectivity index (χ0n) is 12.8. The first-order valence-electron chi connectivity index (χ1n) is 6.90. The van der Waals surface area contributed by atoms with E-state index in [1.165, 1.54) is 0 Å². The van der Waals surface area contributed by atoms with Crippen molar-refractivity contribution in [2.75, 3.05) is 33.9 Å². The number of hydrogen-bond donors (Lipinski definition) is 0. The molecule has 20 heavy (non-hydrogen) atoms. The van der Waals surface area contributed by atoms with Crippen LogP contribution >= 0.6 is 0 Å². The van der Waals surface area contributed by atoms with Crippen molar-refractivity contribution in [1.29, 1.82) is 0 Å². The summed E-state index contributed by atoms with van der Waals surface area (Å²) >= 11 is 0. The van der Waals surface area contributed by atoms with Crippen molar-refractivity contribution in [3.05, 3.63) is 24.3 Å². The largest absolute Gasteiger partial charge is 0.493 e. The van der Waals surface area contributed by atoms with E-state index in [0.717, 1.165) is 18.0 Å². The second-order valence-electron chi connectivity index (χ2n) is 5.23. The van der Waals surface area contributed by atoms with E-state index in [1.54, 1.807) is 7.11 Å². The van der Waals surface area contributed by atoms with Crippen LogP contribution < -0.4 is 9.47 Å². The van der Waals surface area contributed by atoms with Gasteiger partial charge >= 0.3 is 0 Å². The Balaban J connectivity index is 2.38. The summed E-state index contributed by atoms with van der Waals surface area (Å²) in [5.74, 6) is 1.73. The van der Waals surface area contributed by atoms with Crippen LogP contribution in [0.5, 0.6) is 11.5 Å². The molecule has 1 aromatic carbocycles. The fourth-order valence-electron chi connectivity index (χ4n) is 1.86. The van der Waals surface area contributed by atoms with Gasteiger partial charge in [-0.15, -0.1) is 0 Å². The van der Waals surface area contributed by atoms with Crippen molar-refractivity contribution in [2.45, 2.75) is 13.8 Å². The first-order chi connectivity index (χ1) is 9.58. The van der Waals surface area contributed by atoms with Crippen LogP contribution in [0.25, 0.3) is 0 Å². The molecule has 0 fully saturated rings. The smallest absolute Gasteiger partial charge is 0.203 e. The van der Waals surface area contributed by atoms with Gasteiger partial charge in [0.05, 0.1) is 7.11 Å². The Bertz CT molecular complexity index is 406. The summed E-state index contributed by atoms with van der Waals surface area (Å²) in [4.78, 5) is 12.9. The molecule has 1 aromatic rings. The number of para-hydroxylation sites is 2. The molecule has 0 N–H and O–H groups in total. The molecular formula is C16H24NO3. The summed E-state index contributed by atoms with van der Waals surface area (Å²) < 4.78 is 10.9.